The number of rotatable bonds is 4. The van der Waals surface area contributed by atoms with Gasteiger partial charge in [0, 0.05) is 6.07 Å². The summed E-state index contributed by atoms with van der Waals surface area (Å²) < 4.78 is 0. The summed E-state index contributed by atoms with van der Waals surface area (Å²) in [7, 11) is 0. The number of hydrogen-bond acceptors (Lipinski definition) is 3. The van der Waals surface area contributed by atoms with E-state index >= 15 is 0 Å². The van der Waals surface area contributed by atoms with Crippen LogP contribution in [0.2, 0.25) is 10.0 Å². The van der Waals surface area contributed by atoms with Crippen molar-refractivity contribution in [2.45, 2.75) is 12.3 Å². The van der Waals surface area contributed by atoms with Gasteiger partial charge >= 0.3 is 5.97 Å². The van der Waals surface area contributed by atoms with Gasteiger partial charge in [-0.3, -0.25) is 9.59 Å². The zero-order valence-electron chi connectivity index (χ0n) is 12.4. The molecule has 1 aliphatic rings. The fraction of sp³-hybridized carbons (Fsp3) is 0.176. The van der Waals surface area contributed by atoms with E-state index in [4.69, 9.17) is 28.3 Å². The lowest BCUT2D eigenvalue weighted by Crippen LogP contribution is -2.34. The second-order valence-corrected chi connectivity index (χ2v) is 6.38. The lowest BCUT2D eigenvalue weighted by atomic mass is 9.93. The zero-order chi connectivity index (χ0) is 17.4. The van der Waals surface area contributed by atoms with E-state index in [0.29, 0.717) is 27.7 Å². The molecule has 1 amide bonds. The number of halogens is 2. The summed E-state index contributed by atoms with van der Waals surface area (Å²) in [6, 6.07) is 9.67. The number of aromatic hydroxyl groups is 1. The molecule has 2 aromatic rings. The number of carboxylic acid groups (broad SMARTS) is 1. The highest BCUT2D eigenvalue weighted by Crippen LogP contribution is 2.41. The van der Waals surface area contributed by atoms with Crippen molar-refractivity contribution in [1.82, 2.24) is 0 Å². The summed E-state index contributed by atoms with van der Waals surface area (Å²) >= 11 is 11.9. The van der Waals surface area contributed by atoms with Gasteiger partial charge in [0.25, 0.3) is 0 Å². The standard InChI is InChI=1S/C17H13Cl2NO4/c18-13-4-1-9(6-14(13)19)5-12-11-3-2-10(21)7-15(11)20(17(12)24)8-16(22)23/h1-4,6-7,12,21H,5,8H2,(H,22,23). The van der Waals surface area contributed by atoms with Gasteiger partial charge in [-0.25, -0.2) is 0 Å². The Morgan fingerprint density at radius 2 is 1.88 bits per heavy atom. The first-order valence-corrected chi connectivity index (χ1v) is 7.92. The van der Waals surface area contributed by atoms with Crippen LogP contribution in [0.15, 0.2) is 36.4 Å². The number of fused-ring (bicyclic) bond motifs is 1. The summed E-state index contributed by atoms with van der Waals surface area (Å²) in [5.41, 5.74) is 1.93. The highest BCUT2D eigenvalue weighted by atomic mass is 35.5. The smallest absolute Gasteiger partial charge is 0.323 e. The van der Waals surface area contributed by atoms with Gasteiger partial charge in [0.05, 0.1) is 21.7 Å². The summed E-state index contributed by atoms with van der Waals surface area (Å²) in [4.78, 5) is 24.9. The molecule has 0 saturated carbocycles. The molecule has 124 valence electrons. The minimum absolute atomic E-state index is 0.0212. The predicted octanol–water partition coefficient (Wildman–Crippen LogP) is 3.46. The molecule has 0 saturated heterocycles. The van der Waals surface area contributed by atoms with E-state index in [1.165, 1.54) is 17.0 Å². The van der Waals surface area contributed by atoms with Gasteiger partial charge in [0.15, 0.2) is 0 Å². The Hall–Kier alpha value is -2.24. The van der Waals surface area contributed by atoms with Crippen LogP contribution in [0.25, 0.3) is 0 Å². The molecule has 3 rings (SSSR count). The van der Waals surface area contributed by atoms with Crippen LogP contribution in [0.1, 0.15) is 17.0 Å². The van der Waals surface area contributed by atoms with Crippen molar-refractivity contribution in [3.8, 4) is 5.75 Å². The van der Waals surface area contributed by atoms with Crippen LogP contribution >= 0.6 is 23.2 Å². The number of anilines is 1. The molecular weight excluding hydrogens is 353 g/mol. The molecule has 2 N–H and O–H groups in total. The third-order valence-electron chi connectivity index (χ3n) is 3.96. The van der Waals surface area contributed by atoms with Gasteiger partial charge in [-0.05, 0) is 35.7 Å². The van der Waals surface area contributed by atoms with Crippen molar-refractivity contribution in [3.63, 3.8) is 0 Å². The molecule has 0 aliphatic carbocycles. The van der Waals surface area contributed by atoms with Crippen LogP contribution in [-0.4, -0.2) is 28.6 Å². The van der Waals surface area contributed by atoms with Crippen molar-refractivity contribution in [3.05, 3.63) is 57.6 Å². The maximum Gasteiger partial charge on any atom is 0.323 e. The molecule has 0 spiro atoms. The molecule has 0 radical (unpaired) electrons. The van der Waals surface area contributed by atoms with E-state index in [1.807, 2.05) is 0 Å². The number of aliphatic carboxylic acids is 1. The number of carbonyl (C=O) groups is 2. The third-order valence-corrected chi connectivity index (χ3v) is 4.70. The first kappa shape index (κ1) is 16.6. The first-order chi connectivity index (χ1) is 11.4. The first-order valence-electron chi connectivity index (χ1n) is 7.17. The topological polar surface area (TPSA) is 77.8 Å². The maximum atomic E-state index is 12.7. The number of phenolic OH excluding ortho intramolecular Hbond substituents is 1. The third kappa shape index (κ3) is 3.05. The predicted molar refractivity (Wildman–Crippen MR) is 91.0 cm³/mol. The quantitative estimate of drug-likeness (QED) is 0.869. The van der Waals surface area contributed by atoms with Crippen LogP contribution < -0.4 is 4.90 Å². The molecular formula is C17H13Cl2NO4. The average Bonchev–Trinajstić information content (AvgIpc) is 2.76. The Morgan fingerprint density at radius 3 is 2.54 bits per heavy atom. The average molecular weight is 366 g/mol. The van der Waals surface area contributed by atoms with Gasteiger partial charge in [-0.1, -0.05) is 35.3 Å². The van der Waals surface area contributed by atoms with Crippen LogP contribution in [-0.2, 0) is 16.0 Å². The SMILES string of the molecule is O=C(O)CN1C(=O)C(Cc2ccc(Cl)c(Cl)c2)c2ccc(O)cc21. The molecule has 1 atom stereocenters. The maximum absolute atomic E-state index is 12.7. The Kier molecular flexibility index (Phi) is 4.39. The molecule has 1 unspecified atom stereocenters. The number of hydrogen-bond donors (Lipinski definition) is 2. The second-order valence-electron chi connectivity index (χ2n) is 5.57. The Balaban J connectivity index is 1.97. The van der Waals surface area contributed by atoms with Gasteiger partial charge in [0.1, 0.15) is 12.3 Å². The lowest BCUT2D eigenvalue weighted by molar-refractivity contribution is -0.136. The number of phenols is 1. The Labute approximate surface area is 148 Å². The van der Waals surface area contributed by atoms with Crippen molar-refractivity contribution < 1.29 is 19.8 Å². The van der Waals surface area contributed by atoms with E-state index < -0.39 is 18.4 Å². The fourth-order valence-electron chi connectivity index (χ4n) is 2.90. The van der Waals surface area contributed by atoms with Crippen LogP contribution in [0.5, 0.6) is 5.75 Å². The lowest BCUT2D eigenvalue weighted by Gasteiger charge is -2.15. The molecule has 5 nitrogen and oxygen atoms in total. The van der Waals surface area contributed by atoms with E-state index in [9.17, 15) is 14.7 Å². The monoisotopic (exact) mass is 365 g/mol. The van der Waals surface area contributed by atoms with Crippen molar-refractivity contribution in [1.29, 1.82) is 0 Å². The van der Waals surface area contributed by atoms with Crippen molar-refractivity contribution >= 4 is 40.8 Å². The number of carbonyl (C=O) groups excluding carboxylic acids is 1. The molecule has 0 fully saturated rings. The normalized spacial score (nSPS) is 16.3. The molecule has 0 bridgehead atoms. The van der Waals surface area contributed by atoms with Crippen LogP contribution in [0.4, 0.5) is 5.69 Å². The molecule has 24 heavy (non-hydrogen) atoms. The fourth-order valence-corrected chi connectivity index (χ4v) is 3.22. The van der Waals surface area contributed by atoms with Crippen molar-refractivity contribution in [2.24, 2.45) is 0 Å². The van der Waals surface area contributed by atoms with E-state index in [0.717, 1.165) is 5.56 Å². The summed E-state index contributed by atoms with van der Waals surface area (Å²) in [5.74, 6) is -1.98. The number of amides is 1. The van der Waals surface area contributed by atoms with E-state index in [2.05, 4.69) is 0 Å². The largest absolute Gasteiger partial charge is 0.508 e. The second kappa shape index (κ2) is 6.34. The van der Waals surface area contributed by atoms with Gasteiger partial charge in [0.2, 0.25) is 5.91 Å². The number of benzene rings is 2. The van der Waals surface area contributed by atoms with Gasteiger partial charge in [-0.2, -0.15) is 0 Å². The summed E-state index contributed by atoms with van der Waals surface area (Å²) in [6.07, 6.45) is 0.365. The zero-order valence-corrected chi connectivity index (χ0v) is 13.9. The highest BCUT2D eigenvalue weighted by molar-refractivity contribution is 6.42. The molecule has 0 aromatic heterocycles. The Morgan fingerprint density at radius 1 is 1.12 bits per heavy atom. The van der Waals surface area contributed by atoms with Gasteiger partial charge < -0.3 is 15.1 Å². The summed E-state index contributed by atoms with van der Waals surface area (Å²) in [6.45, 7) is -0.451. The van der Waals surface area contributed by atoms with Gasteiger partial charge in [-0.15, -0.1) is 0 Å². The highest BCUT2D eigenvalue weighted by Gasteiger charge is 2.38. The van der Waals surface area contributed by atoms with Crippen LogP contribution in [0.3, 0.4) is 0 Å². The molecule has 1 heterocycles. The number of carboxylic acids is 1. The minimum Gasteiger partial charge on any atom is -0.508 e. The Bertz CT molecular complexity index is 837. The molecule has 7 heteroatoms. The summed E-state index contributed by atoms with van der Waals surface area (Å²) in [5, 5.41) is 19.5. The van der Waals surface area contributed by atoms with E-state index in [-0.39, 0.29) is 11.7 Å². The van der Waals surface area contributed by atoms with E-state index in [1.54, 1.807) is 24.3 Å². The minimum atomic E-state index is -1.12. The van der Waals surface area contributed by atoms with Crippen LogP contribution in [0, 0.1) is 0 Å². The molecule has 2 aromatic carbocycles. The van der Waals surface area contributed by atoms with Crippen molar-refractivity contribution in [2.75, 3.05) is 11.4 Å². The molecule has 1 aliphatic heterocycles. The number of nitrogens with zero attached hydrogens (tertiary/aromatic N) is 1.